The first-order valence-electron chi connectivity index (χ1n) is 13.3. The lowest BCUT2D eigenvalue weighted by Crippen LogP contribution is -2.50. The molecule has 0 radical (unpaired) electrons. The van der Waals surface area contributed by atoms with Crippen LogP contribution >= 0.6 is 0 Å². The Morgan fingerprint density at radius 2 is 1.92 bits per heavy atom. The van der Waals surface area contributed by atoms with Gasteiger partial charge in [-0.15, -0.1) is 0 Å². The smallest absolute Gasteiger partial charge is 0.303 e. The van der Waals surface area contributed by atoms with E-state index in [1.54, 1.807) is 13.0 Å². The lowest BCUT2D eigenvalue weighted by Gasteiger charge is -2.39. The third-order valence-corrected chi connectivity index (χ3v) is 7.35. The van der Waals surface area contributed by atoms with Crippen molar-refractivity contribution in [1.82, 2.24) is 5.32 Å². The monoisotopic (exact) mass is 534 g/mol. The van der Waals surface area contributed by atoms with E-state index < -0.39 is 35.8 Å². The zero-order valence-electron chi connectivity index (χ0n) is 22.9. The van der Waals surface area contributed by atoms with Gasteiger partial charge in [-0.1, -0.05) is 30.7 Å². The summed E-state index contributed by atoms with van der Waals surface area (Å²) in [6, 6.07) is -0.123. The van der Waals surface area contributed by atoms with E-state index in [1.165, 1.54) is 13.0 Å². The fourth-order valence-electron chi connectivity index (χ4n) is 5.11. The number of hydrogen-bond acceptors (Lipinski definition) is 8. The molecular weight excluding hydrogens is 492 g/mol. The van der Waals surface area contributed by atoms with Gasteiger partial charge in [0, 0.05) is 19.4 Å². The van der Waals surface area contributed by atoms with Crippen LogP contribution in [0.25, 0.3) is 0 Å². The second kappa shape index (κ2) is 13.0. The van der Waals surface area contributed by atoms with Gasteiger partial charge in [0.2, 0.25) is 11.8 Å². The van der Waals surface area contributed by atoms with Gasteiger partial charge in [-0.05, 0) is 45.6 Å². The third-order valence-electron chi connectivity index (χ3n) is 7.35. The molecule has 3 rings (SSSR count). The van der Waals surface area contributed by atoms with Gasteiger partial charge in [0.1, 0.15) is 23.9 Å². The summed E-state index contributed by atoms with van der Waals surface area (Å²) in [6.45, 7) is 9.50. The molecular formula is C28H42N2O8. The third kappa shape index (κ3) is 8.49. The number of carbonyl (C=O) groups is 3. The van der Waals surface area contributed by atoms with E-state index in [1.807, 2.05) is 26.0 Å². The SMILES string of the molecule is CC(=O)OC(C)C=CC(=O)N[C@@H]1C[C@H](C)[C@H](C/C=C(C)/C=C/[C@H]2O[C@H](CC(N)=O)C[C@@]3(CO3)[C@@H]2O)O[C@@H]1C. The van der Waals surface area contributed by atoms with Crippen molar-refractivity contribution < 1.29 is 38.4 Å². The van der Waals surface area contributed by atoms with E-state index in [2.05, 4.69) is 18.3 Å². The standard InChI is InChI=1S/C28H42N2O8/c1-16(7-10-24-27(34)28(15-35-28)14-21(38-24)13-25(29)32)6-9-23-17(2)12-22(19(4)37-23)30-26(33)11-8-18(3)36-20(5)31/h6-8,10-11,17-19,21-24,27,34H,9,12-15H2,1-5H3,(H2,29,32)(H,30,33)/b10-7+,11-8?,16-6+/t17-,18?,19+,21+,22+,23-,24+,27+,28+/m0/s1. The summed E-state index contributed by atoms with van der Waals surface area (Å²) in [6.07, 6.45) is 8.36. The number of epoxide rings is 1. The normalized spacial score (nSPS) is 36.4. The van der Waals surface area contributed by atoms with Crippen LogP contribution in [0.2, 0.25) is 0 Å². The molecule has 0 bridgehead atoms. The quantitative estimate of drug-likeness (QED) is 0.166. The summed E-state index contributed by atoms with van der Waals surface area (Å²) in [5, 5.41) is 13.7. The van der Waals surface area contributed by atoms with Crippen LogP contribution in [0.5, 0.6) is 0 Å². The molecule has 1 spiro atoms. The Labute approximate surface area is 224 Å². The molecule has 10 heteroatoms. The van der Waals surface area contributed by atoms with Crippen LogP contribution in [-0.4, -0.2) is 77.8 Å². The fraction of sp³-hybridized carbons (Fsp3) is 0.679. The Hall–Kier alpha value is -2.53. The van der Waals surface area contributed by atoms with Gasteiger partial charge < -0.3 is 35.1 Å². The van der Waals surface area contributed by atoms with Gasteiger partial charge in [-0.3, -0.25) is 14.4 Å². The highest BCUT2D eigenvalue weighted by molar-refractivity contribution is 5.87. The predicted octanol–water partition coefficient (Wildman–Crippen LogP) is 1.85. The second-order valence-electron chi connectivity index (χ2n) is 10.8. The lowest BCUT2D eigenvalue weighted by molar-refractivity contribution is -0.144. The number of rotatable bonds is 10. The Bertz CT molecular complexity index is 957. The van der Waals surface area contributed by atoms with Gasteiger partial charge in [0.25, 0.3) is 0 Å². The molecule has 0 aromatic carbocycles. The number of ether oxygens (including phenoxy) is 4. The number of nitrogens with two attached hydrogens (primary N) is 1. The Kier molecular flexibility index (Phi) is 10.3. The molecule has 212 valence electrons. The molecule has 0 saturated carbocycles. The van der Waals surface area contributed by atoms with E-state index in [0.29, 0.717) is 19.4 Å². The van der Waals surface area contributed by atoms with Crippen molar-refractivity contribution in [3.63, 3.8) is 0 Å². The highest BCUT2D eigenvalue weighted by Gasteiger charge is 2.58. The Morgan fingerprint density at radius 1 is 1.21 bits per heavy atom. The lowest BCUT2D eigenvalue weighted by atomic mass is 9.87. The van der Waals surface area contributed by atoms with Gasteiger partial charge in [0.05, 0.1) is 37.4 Å². The number of aliphatic hydroxyl groups excluding tert-OH is 1. The van der Waals surface area contributed by atoms with Crippen LogP contribution in [-0.2, 0) is 33.3 Å². The van der Waals surface area contributed by atoms with Gasteiger partial charge in [0.15, 0.2) is 0 Å². The van der Waals surface area contributed by atoms with Crippen LogP contribution in [0.15, 0.2) is 36.0 Å². The van der Waals surface area contributed by atoms with Gasteiger partial charge in [-0.25, -0.2) is 0 Å². The predicted molar refractivity (Wildman–Crippen MR) is 140 cm³/mol. The van der Waals surface area contributed by atoms with Gasteiger partial charge >= 0.3 is 5.97 Å². The van der Waals surface area contributed by atoms with Crippen molar-refractivity contribution in [3.8, 4) is 0 Å². The Morgan fingerprint density at radius 3 is 2.55 bits per heavy atom. The van der Waals surface area contributed by atoms with E-state index in [0.717, 1.165) is 12.0 Å². The molecule has 0 aromatic rings. The molecule has 1 unspecified atom stereocenters. The molecule has 0 aromatic heterocycles. The van der Waals surface area contributed by atoms with Crippen molar-refractivity contribution in [1.29, 1.82) is 0 Å². The van der Waals surface area contributed by atoms with Crippen molar-refractivity contribution >= 4 is 17.8 Å². The van der Waals surface area contributed by atoms with E-state index in [-0.39, 0.29) is 42.6 Å². The zero-order chi connectivity index (χ0) is 28.0. The first-order chi connectivity index (χ1) is 17.9. The molecule has 3 heterocycles. The summed E-state index contributed by atoms with van der Waals surface area (Å²) in [5.41, 5.74) is 5.69. The average molecular weight is 535 g/mol. The van der Waals surface area contributed by atoms with Crippen LogP contribution < -0.4 is 11.1 Å². The van der Waals surface area contributed by atoms with E-state index >= 15 is 0 Å². The van der Waals surface area contributed by atoms with Crippen molar-refractivity contribution in [3.05, 3.63) is 36.0 Å². The molecule has 2 amide bonds. The maximum absolute atomic E-state index is 12.3. The number of aliphatic hydroxyl groups is 1. The van der Waals surface area contributed by atoms with Crippen LogP contribution in [0.4, 0.5) is 0 Å². The fourth-order valence-corrected chi connectivity index (χ4v) is 5.11. The minimum absolute atomic E-state index is 0.000587. The van der Waals surface area contributed by atoms with Crippen LogP contribution in [0.1, 0.15) is 60.3 Å². The highest BCUT2D eigenvalue weighted by Crippen LogP contribution is 2.43. The van der Waals surface area contributed by atoms with Crippen molar-refractivity contribution in [2.45, 2.75) is 109 Å². The van der Waals surface area contributed by atoms with Crippen LogP contribution in [0, 0.1) is 5.92 Å². The summed E-state index contributed by atoms with van der Waals surface area (Å²) in [4.78, 5) is 34.7. The molecule has 3 saturated heterocycles. The van der Waals surface area contributed by atoms with Crippen LogP contribution in [0.3, 0.4) is 0 Å². The van der Waals surface area contributed by atoms with E-state index in [9.17, 15) is 19.5 Å². The molecule has 3 fully saturated rings. The topological polar surface area (TPSA) is 150 Å². The first-order valence-corrected chi connectivity index (χ1v) is 13.3. The highest BCUT2D eigenvalue weighted by atomic mass is 16.6. The minimum Gasteiger partial charge on any atom is -0.459 e. The Balaban J connectivity index is 1.49. The number of nitrogens with one attached hydrogen (secondary N) is 1. The average Bonchev–Trinajstić information content (AvgIpc) is 3.59. The summed E-state index contributed by atoms with van der Waals surface area (Å²) < 4.78 is 22.7. The molecule has 9 atom stereocenters. The number of primary amides is 1. The summed E-state index contributed by atoms with van der Waals surface area (Å²) in [5.74, 6) is -0.867. The van der Waals surface area contributed by atoms with Crippen molar-refractivity contribution in [2.24, 2.45) is 11.7 Å². The van der Waals surface area contributed by atoms with E-state index in [4.69, 9.17) is 24.7 Å². The molecule has 3 aliphatic heterocycles. The maximum atomic E-state index is 12.3. The minimum atomic E-state index is -0.801. The number of amides is 2. The molecule has 38 heavy (non-hydrogen) atoms. The second-order valence-corrected chi connectivity index (χ2v) is 10.8. The molecule has 10 nitrogen and oxygen atoms in total. The van der Waals surface area contributed by atoms with Gasteiger partial charge in [-0.2, -0.15) is 0 Å². The molecule has 4 N–H and O–H groups in total. The summed E-state index contributed by atoms with van der Waals surface area (Å²) >= 11 is 0. The summed E-state index contributed by atoms with van der Waals surface area (Å²) in [7, 11) is 0. The van der Waals surface area contributed by atoms with Crippen molar-refractivity contribution in [2.75, 3.05) is 6.61 Å². The first kappa shape index (κ1) is 30.0. The maximum Gasteiger partial charge on any atom is 0.303 e. The molecule has 0 aliphatic carbocycles. The molecule has 3 aliphatic rings. The number of hydrogen-bond donors (Lipinski definition) is 3. The largest absolute Gasteiger partial charge is 0.459 e. The number of esters is 1. The zero-order valence-corrected chi connectivity index (χ0v) is 22.9. The number of allylic oxidation sites excluding steroid dienone is 2. The number of carbonyl (C=O) groups excluding carboxylic acids is 3.